The molecule has 3 rings (SSSR count). The molecule has 0 spiro atoms. The number of hydrogen-bond donors (Lipinski definition) is 0. The molecule has 0 aromatic carbocycles. The number of hydrogen-bond acceptors (Lipinski definition) is 2. The predicted octanol–water partition coefficient (Wildman–Crippen LogP) is 3.20. The molecule has 0 unspecified atom stereocenters. The third-order valence-electron chi connectivity index (χ3n) is 2.63. The van der Waals surface area contributed by atoms with Gasteiger partial charge in [-0.3, -0.25) is 0 Å². The van der Waals surface area contributed by atoms with Gasteiger partial charge in [-0.15, -0.1) is 5.10 Å². The fourth-order valence-electron chi connectivity index (χ4n) is 1.62. The second-order valence-electron chi connectivity index (χ2n) is 3.93. The van der Waals surface area contributed by atoms with E-state index in [0.717, 1.165) is 12.8 Å². The number of halogens is 3. The first-order valence-electron chi connectivity index (χ1n) is 4.99. The minimum absolute atomic E-state index is 0.118. The van der Waals surface area contributed by atoms with Crippen LogP contribution in [0.15, 0.2) is 12.1 Å². The Labute approximate surface area is 95.0 Å². The standard InChI is InChI=1S/C10H8ClF2N3/c11-7-3-6(9(12)13)4-8-14-10(5-1-2-5)15-16(7)8/h3-5,9H,1-2H2. The number of pyridine rings is 1. The minimum atomic E-state index is -2.54. The first-order valence-corrected chi connectivity index (χ1v) is 5.37. The van der Waals surface area contributed by atoms with Gasteiger partial charge in [0.05, 0.1) is 0 Å². The molecule has 1 aliphatic rings. The fourth-order valence-corrected chi connectivity index (χ4v) is 1.87. The van der Waals surface area contributed by atoms with Gasteiger partial charge < -0.3 is 0 Å². The third kappa shape index (κ3) is 1.55. The topological polar surface area (TPSA) is 30.2 Å². The molecule has 0 atom stereocenters. The molecule has 3 nitrogen and oxygen atoms in total. The molecule has 16 heavy (non-hydrogen) atoms. The maximum absolute atomic E-state index is 12.5. The van der Waals surface area contributed by atoms with Crippen molar-refractivity contribution in [1.29, 1.82) is 0 Å². The lowest BCUT2D eigenvalue weighted by molar-refractivity contribution is 0.151. The highest BCUT2D eigenvalue weighted by atomic mass is 35.5. The van der Waals surface area contributed by atoms with Gasteiger partial charge in [-0.2, -0.15) is 0 Å². The van der Waals surface area contributed by atoms with Crippen molar-refractivity contribution in [2.45, 2.75) is 25.2 Å². The van der Waals surface area contributed by atoms with Gasteiger partial charge in [0.15, 0.2) is 11.5 Å². The summed E-state index contributed by atoms with van der Waals surface area (Å²) in [6.45, 7) is 0. The zero-order valence-electron chi connectivity index (χ0n) is 8.20. The Bertz CT molecular complexity index is 548. The van der Waals surface area contributed by atoms with Crippen LogP contribution in [-0.2, 0) is 0 Å². The van der Waals surface area contributed by atoms with Gasteiger partial charge in [-0.05, 0) is 25.0 Å². The van der Waals surface area contributed by atoms with Crippen molar-refractivity contribution in [3.63, 3.8) is 0 Å². The smallest absolute Gasteiger partial charge is 0.212 e. The molecule has 6 heteroatoms. The maximum atomic E-state index is 12.5. The molecule has 2 aromatic rings. The summed E-state index contributed by atoms with van der Waals surface area (Å²) in [5.74, 6) is 1.08. The van der Waals surface area contributed by atoms with Crippen molar-refractivity contribution >= 4 is 17.2 Å². The highest BCUT2D eigenvalue weighted by Crippen LogP contribution is 2.38. The Morgan fingerprint density at radius 1 is 1.38 bits per heavy atom. The van der Waals surface area contributed by atoms with Gasteiger partial charge in [0, 0.05) is 11.5 Å². The SMILES string of the molecule is FC(F)c1cc(Cl)n2nc(C3CC3)nc2c1. The zero-order chi connectivity index (χ0) is 11.3. The van der Waals surface area contributed by atoms with E-state index in [1.165, 1.54) is 16.6 Å². The summed E-state index contributed by atoms with van der Waals surface area (Å²) in [4.78, 5) is 4.21. The summed E-state index contributed by atoms with van der Waals surface area (Å²) < 4.78 is 26.5. The van der Waals surface area contributed by atoms with E-state index in [1.54, 1.807) is 0 Å². The van der Waals surface area contributed by atoms with E-state index < -0.39 is 6.43 Å². The Morgan fingerprint density at radius 3 is 2.75 bits per heavy atom. The lowest BCUT2D eigenvalue weighted by Crippen LogP contribution is -1.93. The highest BCUT2D eigenvalue weighted by molar-refractivity contribution is 6.29. The molecule has 1 saturated carbocycles. The van der Waals surface area contributed by atoms with E-state index in [1.807, 2.05) is 0 Å². The van der Waals surface area contributed by atoms with Gasteiger partial charge in [0.25, 0.3) is 6.43 Å². The Hall–Kier alpha value is -1.23. The Balaban J connectivity index is 2.17. The van der Waals surface area contributed by atoms with E-state index in [4.69, 9.17) is 11.6 Å². The van der Waals surface area contributed by atoms with Crippen LogP contribution in [0, 0.1) is 0 Å². The van der Waals surface area contributed by atoms with Crippen LogP contribution in [0.2, 0.25) is 5.15 Å². The van der Waals surface area contributed by atoms with E-state index in [2.05, 4.69) is 10.1 Å². The molecule has 0 radical (unpaired) electrons. The Kier molecular flexibility index (Phi) is 2.10. The molecule has 0 amide bonds. The molecule has 2 heterocycles. The van der Waals surface area contributed by atoms with Crippen LogP contribution in [0.5, 0.6) is 0 Å². The molecule has 84 valence electrons. The van der Waals surface area contributed by atoms with Crippen LogP contribution in [0.1, 0.15) is 36.6 Å². The number of rotatable bonds is 2. The van der Waals surface area contributed by atoms with Crippen LogP contribution in [0.4, 0.5) is 8.78 Å². The molecule has 0 aliphatic heterocycles. The second-order valence-corrected chi connectivity index (χ2v) is 4.31. The quantitative estimate of drug-likeness (QED) is 0.759. The summed E-state index contributed by atoms with van der Waals surface area (Å²) in [6.07, 6.45) is -0.407. The van der Waals surface area contributed by atoms with E-state index in [9.17, 15) is 8.78 Å². The Morgan fingerprint density at radius 2 is 2.12 bits per heavy atom. The number of aromatic nitrogens is 3. The molecule has 2 aromatic heterocycles. The zero-order valence-corrected chi connectivity index (χ0v) is 8.96. The van der Waals surface area contributed by atoms with Crippen molar-refractivity contribution in [3.8, 4) is 0 Å². The van der Waals surface area contributed by atoms with E-state index in [0.29, 0.717) is 17.4 Å². The van der Waals surface area contributed by atoms with Crippen LogP contribution in [-0.4, -0.2) is 14.6 Å². The second kappa shape index (κ2) is 3.38. The van der Waals surface area contributed by atoms with Crippen LogP contribution >= 0.6 is 11.6 Å². The van der Waals surface area contributed by atoms with Crippen LogP contribution in [0.3, 0.4) is 0 Å². The first-order chi connectivity index (χ1) is 7.65. The van der Waals surface area contributed by atoms with Crippen LogP contribution in [0.25, 0.3) is 5.65 Å². The molecule has 0 bridgehead atoms. The van der Waals surface area contributed by atoms with Crippen molar-refractivity contribution in [3.05, 3.63) is 28.7 Å². The van der Waals surface area contributed by atoms with Crippen molar-refractivity contribution < 1.29 is 8.78 Å². The molecule has 0 saturated heterocycles. The molecular weight excluding hydrogens is 236 g/mol. The van der Waals surface area contributed by atoms with E-state index in [-0.39, 0.29) is 10.7 Å². The predicted molar refractivity (Wildman–Crippen MR) is 54.9 cm³/mol. The minimum Gasteiger partial charge on any atom is -0.212 e. The van der Waals surface area contributed by atoms with Crippen molar-refractivity contribution in [1.82, 2.24) is 14.6 Å². The average Bonchev–Trinajstić information content (AvgIpc) is 2.98. The highest BCUT2D eigenvalue weighted by Gasteiger charge is 2.28. The van der Waals surface area contributed by atoms with Crippen LogP contribution < -0.4 is 0 Å². The van der Waals surface area contributed by atoms with Gasteiger partial charge in [-0.1, -0.05) is 11.6 Å². The van der Waals surface area contributed by atoms with E-state index >= 15 is 0 Å². The third-order valence-corrected chi connectivity index (χ3v) is 2.90. The monoisotopic (exact) mass is 243 g/mol. The molecule has 0 N–H and O–H groups in total. The number of nitrogens with zero attached hydrogens (tertiary/aromatic N) is 3. The molecule has 1 aliphatic carbocycles. The lowest BCUT2D eigenvalue weighted by atomic mass is 10.3. The fraction of sp³-hybridized carbons (Fsp3) is 0.400. The van der Waals surface area contributed by atoms with Crippen molar-refractivity contribution in [2.75, 3.05) is 0 Å². The average molecular weight is 244 g/mol. The number of alkyl halides is 2. The molecular formula is C10H8ClF2N3. The van der Waals surface area contributed by atoms with Gasteiger partial charge in [0.2, 0.25) is 0 Å². The van der Waals surface area contributed by atoms with Gasteiger partial charge in [0.1, 0.15) is 5.15 Å². The van der Waals surface area contributed by atoms with Crippen molar-refractivity contribution in [2.24, 2.45) is 0 Å². The summed E-state index contributed by atoms with van der Waals surface area (Å²) in [7, 11) is 0. The summed E-state index contributed by atoms with van der Waals surface area (Å²) in [5, 5.41) is 4.38. The summed E-state index contributed by atoms with van der Waals surface area (Å²) in [5.41, 5.74) is 0.275. The largest absolute Gasteiger partial charge is 0.264 e. The molecule has 1 fully saturated rings. The maximum Gasteiger partial charge on any atom is 0.264 e. The first kappa shape index (κ1) is 9.96. The number of fused-ring (bicyclic) bond motifs is 1. The lowest BCUT2D eigenvalue weighted by Gasteiger charge is -2.01. The normalized spacial score (nSPS) is 16.2. The summed E-state index contributed by atoms with van der Waals surface area (Å²) >= 11 is 5.87. The van der Waals surface area contributed by atoms with Gasteiger partial charge in [-0.25, -0.2) is 18.3 Å². The summed E-state index contributed by atoms with van der Waals surface area (Å²) in [6, 6.07) is 2.56. The van der Waals surface area contributed by atoms with Gasteiger partial charge >= 0.3 is 0 Å².